The number of aromatic hydroxyl groups is 1. The minimum atomic E-state index is -0.459. The highest BCUT2D eigenvalue weighted by atomic mass is 16.5. The molecule has 240 valence electrons. The standard InChI is InChI=1S/C42H39N3O3/c1-2-3-4-5-6-13-28-48-42(47)36-26-27-37(38(46)29-36)41-44-39(34-22-18-32(19-23-34)30-14-9-7-10-15-30)43-40(45-41)35-24-20-33(21-25-35)31-16-11-8-12-17-31/h7-12,14-27,29,46H,2-6,13,28H2,1H3. The van der Waals surface area contributed by atoms with Crippen molar-refractivity contribution in [1.29, 1.82) is 0 Å². The first-order valence-electron chi connectivity index (χ1n) is 16.7. The van der Waals surface area contributed by atoms with Gasteiger partial charge in [0.25, 0.3) is 0 Å². The second kappa shape index (κ2) is 15.8. The lowest BCUT2D eigenvalue weighted by atomic mass is 10.0. The van der Waals surface area contributed by atoms with Crippen LogP contribution >= 0.6 is 0 Å². The molecule has 1 heterocycles. The Morgan fingerprint density at radius 1 is 0.542 bits per heavy atom. The van der Waals surface area contributed by atoms with E-state index in [4.69, 9.17) is 19.7 Å². The minimum Gasteiger partial charge on any atom is -0.507 e. The van der Waals surface area contributed by atoms with Crippen LogP contribution in [-0.2, 0) is 4.74 Å². The molecule has 5 aromatic carbocycles. The van der Waals surface area contributed by atoms with Gasteiger partial charge in [-0.25, -0.2) is 19.7 Å². The second-order valence-corrected chi connectivity index (χ2v) is 11.8. The van der Waals surface area contributed by atoms with E-state index in [9.17, 15) is 9.90 Å². The summed E-state index contributed by atoms with van der Waals surface area (Å²) in [7, 11) is 0. The van der Waals surface area contributed by atoms with Gasteiger partial charge in [-0.1, -0.05) is 148 Å². The van der Waals surface area contributed by atoms with Crippen LogP contribution in [-0.4, -0.2) is 32.6 Å². The molecule has 0 atom stereocenters. The Morgan fingerprint density at radius 2 is 1.00 bits per heavy atom. The van der Waals surface area contributed by atoms with Crippen LogP contribution in [0.15, 0.2) is 127 Å². The minimum absolute atomic E-state index is 0.106. The van der Waals surface area contributed by atoms with Crippen molar-refractivity contribution in [3.8, 4) is 62.2 Å². The molecule has 1 N–H and O–H groups in total. The number of unbranched alkanes of at least 4 members (excludes halogenated alkanes) is 5. The van der Waals surface area contributed by atoms with Crippen molar-refractivity contribution in [3.05, 3.63) is 133 Å². The van der Waals surface area contributed by atoms with Crippen molar-refractivity contribution >= 4 is 5.97 Å². The third-order valence-corrected chi connectivity index (χ3v) is 8.34. The van der Waals surface area contributed by atoms with Gasteiger partial charge in [0.2, 0.25) is 0 Å². The number of hydrogen-bond acceptors (Lipinski definition) is 6. The van der Waals surface area contributed by atoms with Crippen LogP contribution in [0.4, 0.5) is 0 Å². The maximum atomic E-state index is 12.7. The molecular weight excluding hydrogens is 594 g/mol. The van der Waals surface area contributed by atoms with E-state index in [0.717, 1.165) is 52.6 Å². The number of hydrogen-bond donors (Lipinski definition) is 1. The zero-order valence-corrected chi connectivity index (χ0v) is 27.2. The molecule has 0 bridgehead atoms. The number of rotatable bonds is 13. The molecule has 0 saturated carbocycles. The lowest BCUT2D eigenvalue weighted by Crippen LogP contribution is -2.07. The van der Waals surface area contributed by atoms with E-state index in [2.05, 4.69) is 31.2 Å². The van der Waals surface area contributed by atoms with Gasteiger partial charge >= 0.3 is 5.97 Å². The smallest absolute Gasteiger partial charge is 0.338 e. The second-order valence-electron chi connectivity index (χ2n) is 11.8. The van der Waals surface area contributed by atoms with Crippen molar-refractivity contribution in [3.63, 3.8) is 0 Å². The molecule has 6 rings (SSSR count). The van der Waals surface area contributed by atoms with E-state index in [-0.39, 0.29) is 11.3 Å². The Hall–Kier alpha value is -5.62. The van der Waals surface area contributed by atoms with Crippen molar-refractivity contribution in [2.45, 2.75) is 45.4 Å². The van der Waals surface area contributed by atoms with Crippen LogP contribution in [0, 0.1) is 0 Å². The first-order chi connectivity index (χ1) is 23.6. The third kappa shape index (κ3) is 8.02. The van der Waals surface area contributed by atoms with Gasteiger partial charge in [0.05, 0.1) is 17.7 Å². The van der Waals surface area contributed by atoms with Gasteiger partial charge in [-0.2, -0.15) is 0 Å². The average Bonchev–Trinajstić information content (AvgIpc) is 3.15. The largest absolute Gasteiger partial charge is 0.507 e. The average molecular weight is 634 g/mol. The molecule has 0 amide bonds. The maximum Gasteiger partial charge on any atom is 0.338 e. The molecule has 0 aliphatic heterocycles. The molecule has 1 aromatic heterocycles. The number of benzene rings is 5. The van der Waals surface area contributed by atoms with Gasteiger partial charge in [0, 0.05) is 11.1 Å². The Bertz CT molecular complexity index is 1840. The van der Waals surface area contributed by atoms with E-state index >= 15 is 0 Å². The Balaban J connectivity index is 1.29. The summed E-state index contributed by atoms with van der Waals surface area (Å²) in [5.41, 5.74) is 6.72. The van der Waals surface area contributed by atoms with Crippen molar-refractivity contribution < 1.29 is 14.6 Å². The molecule has 6 nitrogen and oxygen atoms in total. The van der Waals surface area contributed by atoms with Gasteiger partial charge < -0.3 is 9.84 Å². The fourth-order valence-electron chi connectivity index (χ4n) is 5.62. The van der Waals surface area contributed by atoms with Crippen LogP contribution in [0.25, 0.3) is 56.4 Å². The zero-order valence-electron chi connectivity index (χ0n) is 27.2. The van der Waals surface area contributed by atoms with Gasteiger partial charge in [0.15, 0.2) is 17.5 Å². The first-order valence-corrected chi connectivity index (χ1v) is 16.7. The molecule has 6 heteroatoms. The summed E-state index contributed by atoms with van der Waals surface area (Å²) in [6, 6.07) is 41.3. The Morgan fingerprint density at radius 3 is 1.52 bits per heavy atom. The van der Waals surface area contributed by atoms with Gasteiger partial charge in [-0.15, -0.1) is 0 Å². The van der Waals surface area contributed by atoms with Crippen LogP contribution in [0.5, 0.6) is 5.75 Å². The van der Waals surface area contributed by atoms with E-state index in [1.54, 1.807) is 12.1 Å². The number of phenolic OH excluding ortho intramolecular Hbond substituents is 1. The number of carbonyl (C=O) groups is 1. The molecule has 0 fully saturated rings. The monoisotopic (exact) mass is 633 g/mol. The van der Waals surface area contributed by atoms with Gasteiger partial charge in [-0.3, -0.25) is 0 Å². The van der Waals surface area contributed by atoms with Crippen LogP contribution in [0.2, 0.25) is 0 Å². The fourth-order valence-corrected chi connectivity index (χ4v) is 5.62. The predicted molar refractivity (Wildman–Crippen MR) is 192 cm³/mol. The van der Waals surface area contributed by atoms with Gasteiger partial charge in [0.1, 0.15) is 5.75 Å². The summed E-state index contributed by atoms with van der Waals surface area (Å²) < 4.78 is 5.48. The highest BCUT2D eigenvalue weighted by Crippen LogP contribution is 2.32. The molecule has 48 heavy (non-hydrogen) atoms. The maximum absolute atomic E-state index is 12.7. The molecule has 0 aliphatic rings. The van der Waals surface area contributed by atoms with E-state index in [0.29, 0.717) is 29.6 Å². The number of nitrogens with zero attached hydrogens (tertiary/aromatic N) is 3. The molecular formula is C42H39N3O3. The number of phenols is 1. The topological polar surface area (TPSA) is 85.2 Å². The highest BCUT2D eigenvalue weighted by Gasteiger charge is 2.17. The molecule has 0 aliphatic carbocycles. The van der Waals surface area contributed by atoms with Crippen molar-refractivity contribution in [1.82, 2.24) is 15.0 Å². The number of esters is 1. The quantitative estimate of drug-likeness (QED) is 0.101. The van der Waals surface area contributed by atoms with E-state index in [1.807, 2.05) is 84.9 Å². The van der Waals surface area contributed by atoms with Crippen LogP contribution < -0.4 is 0 Å². The zero-order chi connectivity index (χ0) is 33.1. The summed E-state index contributed by atoms with van der Waals surface area (Å²) in [4.78, 5) is 27.2. The summed E-state index contributed by atoms with van der Waals surface area (Å²) >= 11 is 0. The van der Waals surface area contributed by atoms with Crippen LogP contribution in [0.1, 0.15) is 55.8 Å². The van der Waals surface area contributed by atoms with Crippen molar-refractivity contribution in [2.75, 3.05) is 6.61 Å². The van der Waals surface area contributed by atoms with Crippen molar-refractivity contribution in [2.24, 2.45) is 0 Å². The molecule has 0 radical (unpaired) electrons. The summed E-state index contributed by atoms with van der Waals surface area (Å²) in [6.45, 7) is 2.55. The number of ether oxygens (including phenoxy) is 1. The molecule has 0 unspecified atom stereocenters. The molecule has 0 saturated heterocycles. The summed E-state index contributed by atoms with van der Waals surface area (Å²) in [5, 5.41) is 11.1. The predicted octanol–water partition coefficient (Wildman–Crippen LogP) is 10.4. The molecule has 6 aromatic rings. The Kier molecular flexibility index (Phi) is 10.6. The summed E-state index contributed by atoms with van der Waals surface area (Å²) in [5.74, 6) is 0.691. The first kappa shape index (κ1) is 32.3. The SMILES string of the molecule is CCCCCCCCOC(=O)c1ccc(-c2nc(-c3ccc(-c4ccccc4)cc3)nc(-c3ccc(-c4ccccc4)cc3)n2)c(O)c1. The fraction of sp³-hybridized carbons (Fsp3) is 0.190. The lowest BCUT2D eigenvalue weighted by molar-refractivity contribution is 0.0497. The Labute approximate surface area is 282 Å². The van der Waals surface area contributed by atoms with Gasteiger partial charge in [-0.05, 0) is 46.9 Å². The summed E-state index contributed by atoms with van der Waals surface area (Å²) in [6.07, 6.45) is 6.64. The normalized spacial score (nSPS) is 10.9. The third-order valence-electron chi connectivity index (χ3n) is 8.34. The van der Waals surface area contributed by atoms with Crippen LogP contribution in [0.3, 0.4) is 0 Å². The van der Waals surface area contributed by atoms with E-state index in [1.165, 1.54) is 25.3 Å². The number of carbonyl (C=O) groups excluding carboxylic acids is 1. The molecule has 0 spiro atoms. The lowest BCUT2D eigenvalue weighted by Gasteiger charge is -2.11. The number of aromatic nitrogens is 3. The highest BCUT2D eigenvalue weighted by molar-refractivity contribution is 5.91. The van der Waals surface area contributed by atoms with E-state index < -0.39 is 5.97 Å².